The fourth-order valence-corrected chi connectivity index (χ4v) is 5.72. The minimum Gasteiger partial charge on any atom is -0.497 e. The first-order valence-corrected chi connectivity index (χ1v) is 13.0. The van der Waals surface area contributed by atoms with E-state index in [9.17, 15) is 0 Å². The van der Waals surface area contributed by atoms with E-state index in [1.54, 1.807) is 7.11 Å². The number of hydrogen-bond acceptors (Lipinski definition) is 8. The van der Waals surface area contributed by atoms with E-state index in [0.29, 0.717) is 26.4 Å². The lowest BCUT2D eigenvalue weighted by Gasteiger charge is -2.55. The first-order valence-electron chi connectivity index (χ1n) is 13.0. The molecule has 4 heterocycles. The third-order valence-corrected chi connectivity index (χ3v) is 7.57. The van der Waals surface area contributed by atoms with Gasteiger partial charge in [-0.05, 0) is 61.4 Å². The second kappa shape index (κ2) is 8.88. The van der Waals surface area contributed by atoms with Crippen LogP contribution in [-0.4, -0.2) is 44.0 Å². The van der Waals surface area contributed by atoms with Gasteiger partial charge in [0.15, 0.2) is 5.79 Å². The number of epoxide rings is 1. The van der Waals surface area contributed by atoms with Crippen molar-refractivity contribution in [1.82, 2.24) is 0 Å². The molecule has 0 aliphatic carbocycles. The minimum atomic E-state index is -0.955. The van der Waals surface area contributed by atoms with Gasteiger partial charge in [-0.15, -0.1) is 0 Å². The summed E-state index contributed by atoms with van der Waals surface area (Å²) in [4.78, 5) is 6.59. The molecule has 0 saturated carbocycles. The van der Waals surface area contributed by atoms with Crippen LogP contribution in [0.3, 0.4) is 0 Å². The molecule has 4 aliphatic rings. The number of ether oxygens (including phenoxy) is 6. The molecule has 3 aromatic carbocycles. The number of nitrogens with zero attached hydrogens (tertiary/aromatic N) is 1. The smallest absolute Gasteiger partial charge is 0.235 e. The average molecular weight is 518 g/mol. The second-order valence-electron chi connectivity index (χ2n) is 10.6. The summed E-state index contributed by atoms with van der Waals surface area (Å²) < 4.78 is 36.6. The van der Waals surface area contributed by atoms with Gasteiger partial charge in [-0.3, -0.25) is 0 Å². The van der Waals surface area contributed by atoms with Crippen molar-refractivity contribution >= 4 is 5.69 Å². The number of benzene rings is 3. The van der Waals surface area contributed by atoms with Crippen LogP contribution < -0.4 is 19.3 Å². The fraction of sp³-hybridized carbons (Fsp3) is 0.400. The summed E-state index contributed by atoms with van der Waals surface area (Å²) in [5.41, 5.74) is 4.01. The number of rotatable bonds is 7. The summed E-state index contributed by atoms with van der Waals surface area (Å²) in [5.74, 6) is 0.366. The zero-order valence-corrected chi connectivity index (χ0v) is 21.7. The van der Waals surface area contributed by atoms with Crippen molar-refractivity contribution in [3.05, 3.63) is 83.4 Å². The molecule has 198 valence electrons. The van der Waals surface area contributed by atoms with Crippen LogP contribution in [0.2, 0.25) is 0 Å². The molecule has 3 aromatic rings. The van der Waals surface area contributed by atoms with E-state index in [1.807, 2.05) is 61.4 Å². The molecule has 2 bridgehead atoms. The predicted molar refractivity (Wildman–Crippen MR) is 138 cm³/mol. The van der Waals surface area contributed by atoms with E-state index in [1.165, 1.54) is 0 Å². The maximum atomic E-state index is 6.59. The molecule has 3 fully saturated rings. The molecule has 0 aromatic heterocycles. The normalized spacial score (nSPS) is 28.0. The monoisotopic (exact) mass is 517 g/mol. The van der Waals surface area contributed by atoms with E-state index >= 15 is 0 Å². The van der Waals surface area contributed by atoms with Crippen LogP contribution in [0.1, 0.15) is 36.5 Å². The molecule has 0 N–H and O–H groups in total. The first kappa shape index (κ1) is 23.8. The van der Waals surface area contributed by atoms with Crippen molar-refractivity contribution in [2.45, 2.75) is 56.8 Å². The lowest BCUT2D eigenvalue weighted by molar-refractivity contribution is -0.406. The van der Waals surface area contributed by atoms with Gasteiger partial charge in [-0.2, -0.15) is 0 Å². The molecule has 8 nitrogen and oxygen atoms in total. The van der Waals surface area contributed by atoms with Crippen molar-refractivity contribution < 1.29 is 33.3 Å². The summed E-state index contributed by atoms with van der Waals surface area (Å²) in [6.45, 7) is 5.70. The summed E-state index contributed by atoms with van der Waals surface area (Å²) in [7, 11) is 1.65. The van der Waals surface area contributed by atoms with Crippen LogP contribution >= 0.6 is 0 Å². The molecule has 0 radical (unpaired) electrons. The average Bonchev–Trinajstić information content (AvgIpc) is 3.72. The van der Waals surface area contributed by atoms with Gasteiger partial charge in [0.1, 0.15) is 42.7 Å². The molecule has 3 saturated heterocycles. The highest BCUT2D eigenvalue weighted by Gasteiger charge is 2.71. The Labute approximate surface area is 221 Å². The van der Waals surface area contributed by atoms with Crippen molar-refractivity contribution in [2.75, 3.05) is 25.3 Å². The maximum Gasteiger partial charge on any atom is 0.235 e. The summed E-state index contributed by atoms with van der Waals surface area (Å²) in [5, 5.41) is 1.91. The fourth-order valence-electron chi connectivity index (χ4n) is 5.72. The van der Waals surface area contributed by atoms with Crippen LogP contribution in [0.5, 0.6) is 17.2 Å². The number of hydroxylamine groups is 1. The molecule has 0 unspecified atom stereocenters. The summed E-state index contributed by atoms with van der Waals surface area (Å²) in [6.07, 6.45) is -0.0821. The molecular formula is C30H31NO7. The number of methoxy groups -OCH3 is 1. The van der Waals surface area contributed by atoms with Gasteiger partial charge < -0.3 is 28.4 Å². The first-order chi connectivity index (χ1) is 18.4. The van der Waals surface area contributed by atoms with Crippen molar-refractivity contribution in [3.8, 4) is 17.2 Å². The van der Waals surface area contributed by atoms with Crippen molar-refractivity contribution in [2.24, 2.45) is 0 Å². The van der Waals surface area contributed by atoms with E-state index in [-0.39, 0.29) is 18.1 Å². The predicted octanol–water partition coefficient (Wildman–Crippen LogP) is 4.95. The topological polar surface area (TPSA) is 71.2 Å². The van der Waals surface area contributed by atoms with Gasteiger partial charge in [0.25, 0.3) is 0 Å². The molecule has 38 heavy (non-hydrogen) atoms. The van der Waals surface area contributed by atoms with Crippen LogP contribution in [0, 0.1) is 0 Å². The molecule has 1 spiro atoms. The lowest BCUT2D eigenvalue weighted by atomic mass is 9.81. The Morgan fingerprint density at radius 1 is 0.921 bits per heavy atom. The molecular weight excluding hydrogens is 486 g/mol. The number of anilines is 1. The van der Waals surface area contributed by atoms with Gasteiger partial charge in [-0.1, -0.05) is 30.3 Å². The van der Waals surface area contributed by atoms with Gasteiger partial charge in [0, 0.05) is 5.56 Å². The van der Waals surface area contributed by atoms with Gasteiger partial charge in [-0.25, -0.2) is 9.90 Å². The van der Waals surface area contributed by atoms with Gasteiger partial charge in [0.2, 0.25) is 5.79 Å². The van der Waals surface area contributed by atoms with Crippen molar-refractivity contribution in [1.29, 1.82) is 0 Å². The highest BCUT2D eigenvalue weighted by Crippen LogP contribution is 2.60. The maximum absolute atomic E-state index is 6.59. The Morgan fingerprint density at radius 3 is 2.47 bits per heavy atom. The van der Waals surface area contributed by atoms with Crippen LogP contribution in [-0.2, 0) is 32.3 Å². The zero-order chi connectivity index (χ0) is 25.9. The molecule has 0 amide bonds. The van der Waals surface area contributed by atoms with E-state index < -0.39 is 11.6 Å². The number of hydrogen-bond donors (Lipinski definition) is 0. The highest BCUT2D eigenvalue weighted by molar-refractivity contribution is 5.65. The Morgan fingerprint density at radius 2 is 1.68 bits per heavy atom. The van der Waals surface area contributed by atoms with E-state index in [0.717, 1.165) is 39.6 Å². The quantitative estimate of drug-likeness (QED) is 0.408. The van der Waals surface area contributed by atoms with Gasteiger partial charge >= 0.3 is 0 Å². The molecule has 8 heteroatoms. The summed E-state index contributed by atoms with van der Waals surface area (Å²) in [6, 6.07) is 21.9. The largest absolute Gasteiger partial charge is 0.497 e. The van der Waals surface area contributed by atoms with Crippen LogP contribution in [0.25, 0.3) is 0 Å². The minimum absolute atomic E-state index is 0.0567. The Hall–Kier alpha value is -3.30. The second-order valence-corrected chi connectivity index (χ2v) is 10.6. The van der Waals surface area contributed by atoms with E-state index in [2.05, 4.69) is 24.3 Å². The van der Waals surface area contributed by atoms with Crippen molar-refractivity contribution in [3.63, 3.8) is 0 Å². The third-order valence-electron chi connectivity index (χ3n) is 7.57. The van der Waals surface area contributed by atoms with Crippen LogP contribution in [0.15, 0.2) is 66.7 Å². The molecule has 4 aliphatic heterocycles. The molecule has 4 atom stereocenters. The summed E-state index contributed by atoms with van der Waals surface area (Å²) >= 11 is 0. The van der Waals surface area contributed by atoms with Gasteiger partial charge in [0.05, 0.1) is 31.9 Å². The Kier molecular flexibility index (Phi) is 5.56. The molecule has 7 rings (SSSR count). The standard InChI is InChI=1S/C30H31NO7/c1-29(2)35-18-23-27-24(31-15-26-28(36-26)30(23,37-29)38-31)13-20(17-33-22-11-9-21(32-3)10-12-22)14-25(27)34-16-19-7-5-4-6-8-19/h4-14,23,26,28H,15-18H2,1-3H3/t23-,26+,28+,30-/m0/s1. The zero-order valence-electron chi connectivity index (χ0n) is 21.7. The van der Waals surface area contributed by atoms with E-state index in [4.69, 9.17) is 33.3 Å². The SMILES string of the molecule is COc1ccc(OCc2cc(OCc3ccccc3)c3c(c2)N2C[C@H]4O[C@H]4[C@]4(O2)OC(C)(C)OC[C@@H]34)cc1. The lowest BCUT2D eigenvalue weighted by Crippen LogP contribution is -2.66. The highest BCUT2D eigenvalue weighted by atomic mass is 16.9. The Bertz CT molecular complexity index is 1330. The number of fused-ring (bicyclic) bond motifs is 5. The Balaban J connectivity index is 1.26. The van der Waals surface area contributed by atoms with Crippen LogP contribution in [0.4, 0.5) is 5.69 Å². The third kappa shape index (κ3) is 4.08.